The summed E-state index contributed by atoms with van der Waals surface area (Å²) in [6.45, 7) is 5.75. The maximum absolute atomic E-state index is 13.0. The Labute approximate surface area is 178 Å². The lowest BCUT2D eigenvalue weighted by Crippen LogP contribution is -2.51. The van der Waals surface area contributed by atoms with Crippen LogP contribution in [0.1, 0.15) is 20.3 Å². The molecule has 1 heterocycles. The van der Waals surface area contributed by atoms with E-state index in [1.54, 1.807) is 17.0 Å². The van der Waals surface area contributed by atoms with Crippen LogP contribution in [0.2, 0.25) is 5.02 Å². The van der Waals surface area contributed by atoms with Gasteiger partial charge in [-0.15, -0.1) is 0 Å². The Kier molecular flexibility index (Phi) is 8.02. The number of halogens is 1. The van der Waals surface area contributed by atoms with Gasteiger partial charge in [-0.2, -0.15) is 8.42 Å². The molecule has 10 heteroatoms. The van der Waals surface area contributed by atoms with Gasteiger partial charge in [-0.3, -0.25) is 8.98 Å². The number of likely N-dealkylation sites (N-methyl/N-ethyl adjacent to an activating group) is 1. The van der Waals surface area contributed by atoms with E-state index in [1.807, 2.05) is 37.7 Å². The van der Waals surface area contributed by atoms with Crippen molar-refractivity contribution < 1.29 is 22.1 Å². The predicted molar refractivity (Wildman–Crippen MR) is 116 cm³/mol. The van der Waals surface area contributed by atoms with Crippen LogP contribution >= 0.6 is 11.6 Å². The molecule has 0 radical (unpaired) electrons. The summed E-state index contributed by atoms with van der Waals surface area (Å²) in [7, 11) is 0.195. The van der Waals surface area contributed by atoms with Crippen molar-refractivity contribution in [2.75, 3.05) is 62.9 Å². The zero-order valence-corrected chi connectivity index (χ0v) is 19.2. The number of hydrogen-bond donors (Lipinski definition) is 0. The van der Waals surface area contributed by atoms with Crippen molar-refractivity contribution in [2.45, 2.75) is 26.4 Å². The molecule has 0 N–H and O–H groups in total. The molecule has 164 valence electrons. The first-order valence-corrected chi connectivity index (χ1v) is 11.8. The van der Waals surface area contributed by atoms with Crippen LogP contribution in [-0.4, -0.2) is 78.5 Å². The van der Waals surface area contributed by atoms with Gasteiger partial charge in [0.25, 0.3) is 16.0 Å². The summed E-state index contributed by atoms with van der Waals surface area (Å²) in [6, 6.07) is 3.58. The standard InChI is InChI=1S/C19H30ClN3O5S/c1-6-8-22(7-2)19(24)18-13-23(9-10-27-29(5,25)26)16-11-14(20)15(21(3)4)12-17(16)28-18/h11-12,18H,6-10,13H2,1-5H3. The molecule has 1 aliphatic heterocycles. The first-order chi connectivity index (χ1) is 13.6. The molecular weight excluding hydrogens is 418 g/mol. The molecule has 0 spiro atoms. The molecule has 1 atom stereocenters. The highest BCUT2D eigenvalue weighted by atomic mass is 35.5. The van der Waals surface area contributed by atoms with Gasteiger partial charge < -0.3 is 19.4 Å². The van der Waals surface area contributed by atoms with Crippen molar-refractivity contribution >= 4 is 39.0 Å². The van der Waals surface area contributed by atoms with E-state index in [0.717, 1.165) is 18.4 Å². The van der Waals surface area contributed by atoms with Crippen LogP contribution in [0.3, 0.4) is 0 Å². The molecule has 0 saturated carbocycles. The highest BCUT2D eigenvalue weighted by Crippen LogP contribution is 2.41. The number of ether oxygens (including phenoxy) is 1. The van der Waals surface area contributed by atoms with Crippen LogP contribution in [0.5, 0.6) is 5.75 Å². The maximum atomic E-state index is 13.0. The van der Waals surface area contributed by atoms with Crippen molar-refractivity contribution in [3.8, 4) is 5.75 Å². The van der Waals surface area contributed by atoms with Gasteiger partial charge in [0, 0.05) is 39.8 Å². The van der Waals surface area contributed by atoms with Gasteiger partial charge in [0.1, 0.15) is 5.75 Å². The molecule has 2 rings (SSSR count). The van der Waals surface area contributed by atoms with Crippen LogP contribution in [0.25, 0.3) is 0 Å². The Morgan fingerprint density at radius 2 is 2.03 bits per heavy atom. The quantitative estimate of drug-likeness (QED) is 0.537. The second-order valence-corrected chi connectivity index (χ2v) is 9.21. The van der Waals surface area contributed by atoms with Crippen molar-refractivity contribution in [2.24, 2.45) is 0 Å². The fraction of sp³-hybridized carbons (Fsp3) is 0.632. The minimum atomic E-state index is -3.55. The van der Waals surface area contributed by atoms with E-state index < -0.39 is 16.2 Å². The zero-order valence-electron chi connectivity index (χ0n) is 17.6. The van der Waals surface area contributed by atoms with E-state index >= 15 is 0 Å². The molecule has 1 aromatic rings. The summed E-state index contributed by atoms with van der Waals surface area (Å²) in [4.78, 5) is 18.5. The smallest absolute Gasteiger partial charge is 0.265 e. The van der Waals surface area contributed by atoms with E-state index in [1.165, 1.54) is 0 Å². The van der Waals surface area contributed by atoms with Gasteiger partial charge in [-0.1, -0.05) is 18.5 Å². The number of hydrogen-bond acceptors (Lipinski definition) is 7. The maximum Gasteiger partial charge on any atom is 0.265 e. The third-order valence-electron chi connectivity index (χ3n) is 4.63. The van der Waals surface area contributed by atoms with E-state index in [4.69, 9.17) is 20.5 Å². The molecule has 1 unspecified atom stereocenters. The van der Waals surface area contributed by atoms with Gasteiger partial charge in [0.15, 0.2) is 6.10 Å². The highest BCUT2D eigenvalue weighted by Gasteiger charge is 2.34. The fourth-order valence-electron chi connectivity index (χ4n) is 3.24. The second-order valence-electron chi connectivity index (χ2n) is 7.16. The Balaban J connectivity index is 2.34. The molecule has 29 heavy (non-hydrogen) atoms. The largest absolute Gasteiger partial charge is 0.476 e. The van der Waals surface area contributed by atoms with Crippen LogP contribution in [-0.2, 0) is 19.1 Å². The molecular formula is C19H30ClN3O5S. The minimum Gasteiger partial charge on any atom is -0.476 e. The van der Waals surface area contributed by atoms with Crippen molar-refractivity contribution in [1.82, 2.24) is 4.90 Å². The monoisotopic (exact) mass is 447 g/mol. The molecule has 0 bridgehead atoms. The molecule has 8 nitrogen and oxygen atoms in total. The van der Waals surface area contributed by atoms with Gasteiger partial charge >= 0.3 is 0 Å². The van der Waals surface area contributed by atoms with Crippen LogP contribution < -0.4 is 14.5 Å². The van der Waals surface area contributed by atoms with Crippen LogP contribution in [0, 0.1) is 0 Å². The summed E-state index contributed by atoms with van der Waals surface area (Å²) in [6.07, 6.45) is 1.18. The van der Waals surface area contributed by atoms with Crippen molar-refractivity contribution in [3.05, 3.63) is 17.2 Å². The summed E-state index contributed by atoms with van der Waals surface area (Å²) >= 11 is 6.42. The average molecular weight is 448 g/mol. The number of nitrogens with zero attached hydrogens (tertiary/aromatic N) is 3. The summed E-state index contributed by atoms with van der Waals surface area (Å²) in [5.41, 5.74) is 1.48. The Bertz CT molecular complexity index is 831. The Hall–Kier alpha value is -1.71. The lowest BCUT2D eigenvalue weighted by atomic mass is 10.1. The first kappa shape index (κ1) is 23.6. The van der Waals surface area contributed by atoms with E-state index in [2.05, 4.69) is 0 Å². The minimum absolute atomic E-state index is 0.0291. The first-order valence-electron chi connectivity index (χ1n) is 9.63. The number of fused-ring (bicyclic) bond motifs is 1. The lowest BCUT2D eigenvalue weighted by molar-refractivity contribution is -0.138. The molecule has 1 aliphatic rings. The van der Waals surface area contributed by atoms with Gasteiger partial charge in [-0.05, 0) is 19.4 Å². The second kappa shape index (κ2) is 9.86. The average Bonchev–Trinajstić information content (AvgIpc) is 2.64. The number of rotatable bonds is 9. The van der Waals surface area contributed by atoms with Crippen LogP contribution in [0.15, 0.2) is 12.1 Å². The highest BCUT2D eigenvalue weighted by molar-refractivity contribution is 7.85. The lowest BCUT2D eigenvalue weighted by Gasteiger charge is -2.38. The molecule has 0 saturated heterocycles. The van der Waals surface area contributed by atoms with Crippen LogP contribution in [0.4, 0.5) is 11.4 Å². The molecule has 1 amide bonds. The molecule has 0 aliphatic carbocycles. The number of amides is 1. The number of carbonyl (C=O) groups excluding carboxylic acids is 1. The van der Waals surface area contributed by atoms with Gasteiger partial charge in [-0.25, -0.2) is 0 Å². The van der Waals surface area contributed by atoms with E-state index in [0.29, 0.717) is 29.5 Å². The molecule has 1 aromatic carbocycles. The predicted octanol–water partition coefficient (Wildman–Crippen LogP) is 2.21. The Morgan fingerprint density at radius 3 is 2.59 bits per heavy atom. The number of benzene rings is 1. The topological polar surface area (TPSA) is 79.4 Å². The number of carbonyl (C=O) groups is 1. The molecule has 0 aromatic heterocycles. The van der Waals surface area contributed by atoms with E-state index in [-0.39, 0.29) is 25.6 Å². The third-order valence-corrected chi connectivity index (χ3v) is 5.52. The SMILES string of the molecule is CCCN(CC)C(=O)C1CN(CCOS(C)(=O)=O)c2cc(Cl)c(N(C)C)cc2O1. The van der Waals surface area contributed by atoms with Crippen molar-refractivity contribution in [1.29, 1.82) is 0 Å². The molecule has 0 fully saturated rings. The fourth-order valence-corrected chi connectivity index (χ4v) is 3.95. The summed E-state index contributed by atoms with van der Waals surface area (Å²) in [5.74, 6) is 0.449. The summed E-state index contributed by atoms with van der Waals surface area (Å²) < 4.78 is 33.6. The normalized spacial score (nSPS) is 16.2. The summed E-state index contributed by atoms with van der Waals surface area (Å²) in [5, 5.41) is 0.539. The number of anilines is 2. The van der Waals surface area contributed by atoms with Gasteiger partial charge in [0.2, 0.25) is 0 Å². The third kappa shape index (κ3) is 6.13. The van der Waals surface area contributed by atoms with E-state index in [9.17, 15) is 13.2 Å². The van der Waals surface area contributed by atoms with Crippen molar-refractivity contribution in [3.63, 3.8) is 0 Å². The Morgan fingerprint density at radius 1 is 1.34 bits per heavy atom. The van der Waals surface area contributed by atoms with Gasteiger partial charge in [0.05, 0.1) is 35.8 Å². The zero-order chi connectivity index (χ0) is 21.8.